The molecule has 4 N–H and O–H groups in total. The molecule has 0 radical (unpaired) electrons. The fourth-order valence-electron chi connectivity index (χ4n) is 4.90. The number of aliphatic hydroxyl groups is 2. The topological polar surface area (TPSA) is 135 Å². The minimum absolute atomic E-state index is 0.0998. The number of nitrogens with two attached hydrogens (primary N) is 1. The van der Waals surface area contributed by atoms with Crippen LogP contribution in [0, 0.1) is 17.3 Å². The van der Waals surface area contributed by atoms with Crippen LogP contribution in [0.3, 0.4) is 0 Å². The summed E-state index contributed by atoms with van der Waals surface area (Å²) >= 11 is 8.05. The standard InChI is InChI=1S/C26H39ClN2O6S/c1-14-7-6-8-26(5)20(35-26)10-18(17(27)9-16-13-36-21(12-28)29-16)34-22(31)11-19(30)25(3,4)24(33)15(2)23(14)32/h9,13-15,18-20,23,30,32H,6-8,10-12,28H2,1-5H3/b17-9+/t14-,15+,18-,19-,20-,23-,26+/m0/s1. The molecule has 0 spiro atoms. The lowest BCUT2D eigenvalue weighted by Gasteiger charge is -2.34. The number of ether oxygens (including phenoxy) is 2. The van der Waals surface area contributed by atoms with Crippen molar-refractivity contribution in [2.24, 2.45) is 23.0 Å². The maximum atomic E-state index is 13.2. The van der Waals surface area contributed by atoms with Crippen molar-refractivity contribution in [2.75, 3.05) is 0 Å². The summed E-state index contributed by atoms with van der Waals surface area (Å²) in [5.41, 5.74) is 4.66. The smallest absolute Gasteiger partial charge is 0.309 e. The van der Waals surface area contributed by atoms with Crippen molar-refractivity contribution in [3.8, 4) is 0 Å². The Hall–Kier alpha value is -1.36. The fourth-order valence-corrected chi connectivity index (χ4v) is 5.78. The molecule has 10 heteroatoms. The highest BCUT2D eigenvalue weighted by molar-refractivity contribution is 7.09. The number of esters is 1. The highest BCUT2D eigenvalue weighted by Gasteiger charge is 2.53. The largest absolute Gasteiger partial charge is 0.456 e. The monoisotopic (exact) mass is 542 g/mol. The number of fused-ring (bicyclic) bond motifs is 1. The van der Waals surface area contributed by atoms with E-state index in [4.69, 9.17) is 26.8 Å². The molecular weight excluding hydrogens is 504 g/mol. The van der Waals surface area contributed by atoms with Gasteiger partial charge in [0.05, 0.1) is 46.5 Å². The molecule has 8 nitrogen and oxygen atoms in total. The van der Waals surface area contributed by atoms with Gasteiger partial charge in [0.15, 0.2) is 0 Å². The van der Waals surface area contributed by atoms with Crippen molar-refractivity contribution in [2.45, 2.75) is 103 Å². The normalized spacial score (nSPS) is 36.8. The molecule has 1 aromatic rings. The van der Waals surface area contributed by atoms with Crippen molar-refractivity contribution < 1.29 is 29.3 Å². The molecule has 2 aliphatic rings. The molecule has 0 aromatic carbocycles. The van der Waals surface area contributed by atoms with Crippen LogP contribution in [0.1, 0.15) is 77.4 Å². The molecule has 7 atom stereocenters. The molecule has 0 unspecified atom stereocenters. The SMILES string of the molecule is C[C@H]1CCC[C@@]2(C)O[C@H]2C[C@@H](/C(Cl)=C\c2csc(CN)n2)OC(=O)C[C@H](O)C(C)(C)C(=O)[C@H](C)[C@H]1O. The first kappa shape index (κ1) is 29.2. The number of carbonyl (C=O) groups is 2. The second-order valence-electron chi connectivity index (χ2n) is 11.0. The second kappa shape index (κ2) is 11.6. The quantitative estimate of drug-likeness (QED) is 0.387. The summed E-state index contributed by atoms with van der Waals surface area (Å²) < 4.78 is 11.7. The summed E-state index contributed by atoms with van der Waals surface area (Å²) in [5, 5.41) is 24.6. The van der Waals surface area contributed by atoms with Crippen LogP contribution in [0.2, 0.25) is 0 Å². The molecule has 202 valence electrons. The molecule has 36 heavy (non-hydrogen) atoms. The van der Waals surface area contributed by atoms with Crippen LogP contribution in [-0.2, 0) is 25.6 Å². The number of epoxide rings is 1. The van der Waals surface area contributed by atoms with Crippen molar-refractivity contribution in [3.05, 3.63) is 21.1 Å². The molecular formula is C26H39ClN2O6S. The number of hydrogen-bond acceptors (Lipinski definition) is 9. The number of carbonyl (C=O) groups excluding carboxylic acids is 2. The van der Waals surface area contributed by atoms with Gasteiger partial charge in [-0.2, -0.15) is 0 Å². The molecule has 3 heterocycles. The zero-order chi connectivity index (χ0) is 26.8. The maximum Gasteiger partial charge on any atom is 0.309 e. The van der Waals surface area contributed by atoms with Gasteiger partial charge in [-0.3, -0.25) is 9.59 Å². The van der Waals surface area contributed by atoms with Gasteiger partial charge in [0.2, 0.25) is 0 Å². The molecule has 2 saturated heterocycles. The summed E-state index contributed by atoms with van der Waals surface area (Å²) in [5.74, 6) is -1.75. The van der Waals surface area contributed by atoms with E-state index in [1.54, 1.807) is 26.8 Å². The number of aliphatic hydroxyl groups excluding tert-OH is 2. The molecule has 1 aromatic heterocycles. The Balaban J connectivity index is 1.85. The first-order valence-electron chi connectivity index (χ1n) is 12.6. The highest BCUT2D eigenvalue weighted by Crippen LogP contribution is 2.45. The number of thiazole rings is 1. The third kappa shape index (κ3) is 6.74. The van der Waals surface area contributed by atoms with E-state index in [0.29, 0.717) is 23.7 Å². The van der Waals surface area contributed by atoms with E-state index in [1.807, 2.05) is 19.2 Å². The predicted molar refractivity (Wildman–Crippen MR) is 139 cm³/mol. The average molecular weight is 543 g/mol. The molecule has 2 aliphatic heterocycles. The Morgan fingerprint density at radius 1 is 1.31 bits per heavy atom. The number of nitrogens with zero attached hydrogens (tertiary/aromatic N) is 1. The number of cyclic esters (lactones) is 1. The molecule has 0 saturated carbocycles. The maximum absolute atomic E-state index is 13.2. The Kier molecular flexibility index (Phi) is 9.39. The first-order chi connectivity index (χ1) is 16.8. The van der Waals surface area contributed by atoms with Gasteiger partial charge in [-0.25, -0.2) is 4.98 Å². The van der Waals surface area contributed by atoms with Crippen LogP contribution < -0.4 is 5.73 Å². The lowest BCUT2D eigenvalue weighted by molar-refractivity contribution is -0.154. The highest BCUT2D eigenvalue weighted by atomic mass is 35.5. The molecule has 0 amide bonds. The van der Waals surface area contributed by atoms with Gasteiger partial charge in [-0.1, -0.05) is 45.7 Å². The predicted octanol–water partition coefficient (Wildman–Crippen LogP) is 3.80. The van der Waals surface area contributed by atoms with Gasteiger partial charge < -0.3 is 25.4 Å². The Morgan fingerprint density at radius 3 is 2.64 bits per heavy atom. The van der Waals surface area contributed by atoms with Crippen molar-refractivity contribution >= 4 is 40.8 Å². The third-order valence-corrected chi connectivity index (χ3v) is 8.99. The van der Waals surface area contributed by atoms with E-state index in [9.17, 15) is 19.8 Å². The van der Waals surface area contributed by atoms with Crippen LogP contribution >= 0.6 is 22.9 Å². The summed E-state index contributed by atoms with van der Waals surface area (Å²) in [4.78, 5) is 30.5. The summed E-state index contributed by atoms with van der Waals surface area (Å²) in [7, 11) is 0. The second-order valence-corrected chi connectivity index (χ2v) is 12.4. The number of halogens is 1. The van der Waals surface area contributed by atoms with Gasteiger partial charge in [-0.15, -0.1) is 11.3 Å². The summed E-state index contributed by atoms with van der Waals surface area (Å²) in [6, 6.07) is 0. The number of ketones is 1. The molecule has 0 aliphatic carbocycles. The van der Waals surface area contributed by atoms with Crippen LogP contribution in [0.4, 0.5) is 0 Å². The Morgan fingerprint density at radius 2 is 2.00 bits per heavy atom. The Labute approximate surface area is 222 Å². The van der Waals surface area contributed by atoms with Gasteiger partial charge >= 0.3 is 5.97 Å². The lowest BCUT2D eigenvalue weighted by Crippen LogP contribution is -2.45. The van der Waals surface area contributed by atoms with Gasteiger partial charge in [0.25, 0.3) is 0 Å². The molecule has 0 bridgehead atoms. The van der Waals surface area contributed by atoms with Gasteiger partial charge in [-0.05, 0) is 31.8 Å². The lowest BCUT2D eigenvalue weighted by atomic mass is 9.73. The minimum Gasteiger partial charge on any atom is -0.456 e. The average Bonchev–Trinajstić information content (AvgIpc) is 3.23. The summed E-state index contributed by atoms with van der Waals surface area (Å²) in [6.45, 7) is 9.13. The first-order valence-corrected chi connectivity index (χ1v) is 13.8. The van der Waals surface area contributed by atoms with Crippen LogP contribution in [0.5, 0.6) is 0 Å². The van der Waals surface area contributed by atoms with Gasteiger partial charge in [0, 0.05) is 24.3 Å². The van der Waals surface area contributed by atoms with E-state index < -0.39 is 35.6 Å². The zero-order valence-corrected chi connectivity index (χ0v) is 23.3. The zero-order valence-electron chi connectivity index (χ0n) is 21.7. The van der Waals surface area contributed by atoms with E-state index in [1.165, 1.54) is 11.3 Å². The van der Waals surface area contributed by atoms with E-state index in [0.717, 1.165) is 24.3 Å². The minimum atomic E-state index is -1.29. The molecule has 2 fully saturated rings. The van der Waals surface area contributed by atoms with E-state index in [-0.39, 0.29) is 29.8 Å². The van der Waals surface area contributed by atoms with Crippen LogP contribution in [-0.4, -0.2) is 57.0 Å². The number of hydrogen-bond donors (Lipinski definition) is 3. The van der Waals surface area contributed by atoms with Crippen LogP contribution in [0.15, 0.2) is 10.4 Å². The third-order valence-electron chi connectivity index (χ3n) is 7.74. The number of aromatic nitrogens is 1. The van der Waals surface area contributed by atoms with Crippen molar-refractivity contribution in [3.63, 3.8) is 0 Å². The van der Waals surface area contributed by atoms with E-state index >= 15 is 0 Å². The van der Waals surface area contributed by atoms with Crippen LogP contribution in [0.25, 0.3) is 6.08 Å². The molecule has 3 rings (SSSR count). The number of Topliss-reactive ketones (excluding diaryl/α,β-unsaturated/α-hetero) is 1. The van der Waals surface area contributed by atoms with Gasteiger partial charge in [0.1, 0.15) is 16.9 Å². The Bertz CT molecular complexity index is 981. The summed E-state index contributed by atoms with van der Waals surface area (Å²) in [6.07, 6.45) is 0.894. The fraction of sp³-hybridized carbons (Fsp3) is 0.731. The van der Waals surface area contributed by atoms with E-state index in [2.05, 4.69) is 4.98 Å². The number of rotatable bonds is 3. The van der Waals surface area contributed by atoms with Crippen molar-refractivity contribution in [1.29, 1.82) is 0 Å². The van der Waals surface area contributed by atoms with Crippen molar-refractivity contribution in [1.82, 2.24) is 4.98 Å².